The molecule has 2 N–H and O–H groups in total. The van der Waals surface area contributed by atoms with Crippen molar-refractivity contribution in [2.75, 3.05) is 6.54 Å². The summed E-state index contributed by atoms with van der Waals surface area (Å²) in [6.45, 7) is 2.98. The smallest absolute Gasteiger partial charge is 0.129 e. The summed E-state index contributed by atoms with van der Waals surface area (Å²) in [4.78, 5) is 0. The van der Waals surface area contributed by atoms with Crippen molar-refractivity contribution in [2.45, 2.75) is 19.8 Å². The van der Waals surface area contributed by atoms with E-state index < -0.39 is 11.6 Å². The SMILES string of the molecule is CCCCN.O=[SH2]=O. The van der Waals surface area contributed by atoms with Gasteiger partial charge in [0.25, 0.3) is 0 Å². The molecule has 0 aromatic heterocycles. The molecule has 0 amide bonds. The number of rotatable bonds is 2. The second-order valence-corrected chi connectivity index (χ2v) is 1.39. The minimum Gasteiger partial charge on any atom is -0.330 e. The van der Waals surface area contributed by atoms with E-state index in [0.717, 1.165) is 6.54 Å². The topological polar surface area (TPSA) is 60.2 Å². The summed E-state index contributed by atoms with van der Waals surface area (Å²) >= 11 is -1.42. The molecule has 0 aromatic rings. The molecule has 8 heavy (non-hydrogen) atoms. The molecule has 0 aliphatic carbocycles. The van der Waals surface area contributed by atoms with Gasteiger partial charge in [0.1, 0.15) is 11.6 Å². The summed E-state index contributed by atoms with van der Waals surface area (Å²) in [5.41, 5.74) is 5.14. The van der Waals surface area contributed by atoms with Crippen LogP contribution in [-0.4, -0.2) is 15.0 Å². The predicted molar refractivity (Wildman–Crippen MR) is 35.7 cm³/mol. The van der Waals surface area contributed by atoms with Crippen molar-refractivity contribution in [2.24, 2.45) is 5.73 Å². The van der Waals surface area contributed by atoms with Crippen LogP contribution in [0.5, 0.6) is 0 Å². The molecule has 0 aliphatic heterocycles. The minimum absolute atomic E-state index is 0.844. The molecule has 0 bridgehead atoms. The summed E-state index contributed by atoms with van der Waals surface area (Å²) in [5, 5.41) is 0. The third kappa shape index (κ3) is 39.1. The van der Waals surface area contributed by atoms with Gasteiger partial charge in [-0.25, -0.2) is 8.42 Å². The molecule has 0 saturated carbocycles. The zero-order valence-corrected chi connectivity index (χ0v) is 6.02. The second kappa shape index (κ2) is 15.8. The number of hydrogen-bond acceptors (Lipinski definition) is 3. The van der Waals surface area contributed by atoms with Crippen LogP contribution < -0.4 is 5.73 Å². The Morgan fingerprint density at radius 3 is 1.88 bits per heavy atom. The highest BCUT2D eigenvalue weighted by molar-refractivity contribution is 7.51. The van der Waals surface area contributed by atoms with Gasteiger partial charge in [-0.1, -0.05) is 13.3 Å². The first-order chi connectivity index (χ1) is 3.83. The van der Waals surface area contributed by atoms with E-state index in [9.17, 15) is 0 Å². The van der Waals surface area contributed by atoms with Crippen molar-refractivity contribution in [1.82, 2.24) is 0 Å². The molecule has 0 aliphatic rings. The van der Waals surface area contributed by atoms with Crippen molar-refractivity contribution in [3.05, 3.63) is 0 Å². The molecule has 52 valence electrons. The van der Waals surface area contributed by atoms with Gasteiger partial charge in [-0.05, 0) is 13.0 Å². The van der Waals surface area contributed by atoms with Crippen molar-refractivity contribution in [3.63, 3.8) is 0 Å². The number of nitrogens with two attached hydrogens (primary N) is 1. The molecule has 0 heterocycles. The molecule has 4 heteroatoms. The zero-order chi connectivity index (χ0) is 6.83. The Bertz CT molecular complexity index is 59.1. The van der Waals surface area contributed by atoms with Gasteiger partial charge >= 0.3 is 0 Å². The average molecular weight is 139 g/mol. The van der Waals surface area contributed by atoms with E-state index in [-0.39, 0.29) is 0 Å². The molecule has 0 rings (SSSR count). The van der Waals surface area contributed by atoms with Crippen LogP contribution in [0.3, 0.4) is 0 Å². The molecule has 0 radical (unpaired) electrons. The maximum absolute atomic E-state index is 8.40. The van der Waals surface area contributed by atoms with Crippen LogP contribution in [0.1, 0.15) is 19.8 Å². The van der Waals surface area contributed by atoms with Gasteiger partial charge in [0.2, 0.25) is 0 Å². The van der Waals surface area contributed by atoms with Crippen molar-refractivity contribution in [1.29, 1.82) is 0 Å². The fourth-order valence-corrected chi connectivity index (χ4v) is 0.204. The highest BCUT2D eigenvalue weighted by atomic mass is 32.1. The van der Waals surface area contributed by atoms with E-state index >= 15 is 0 Å². The summed E-state index contributed by atoms with van der Waals surface area (Å²) in [7, 11) is 0. The van der Waals surface area contributed by atoms with Crippen molar-refractivity contribution in [3.8, 4) is 0 Å². The van der Waals surface area contributed by atoms with E-state index in [1.165, 1.54) is 12.8 Å². The summed E-state index contributed by atoms with van der Waals surface area (Å²) < 4.78 is 16.8. The Hall–Kier alpha value is -0.0900. The predicted octanol–water partition coefficient (Wildman–Crippen LogP) is -0.460. The minimum atomic E-state index is -1.42. The van der Waals surface area contributed by atoms with Crippen LogP contribution in [0, 0.1) is 0 Å². The molecular weight excluding hydrogens is 126 g/mol. The van der Waals surface area contributed by atoms with Crippen LogP contribution in [0.2, 0.25) is 0 Å². The molecule has 0 spiro atoms. The summed E-state index contributed by atoms with van der Waals surface area (Å²) in [6.07, 6.45) is 2.39. The standard InChI is InChI=1S/C4H11N.H2O2S/c1-2-3-4-5;1-3-2/h2-5H2,1H3;3H2. The maximum Gasteiger partial charge on any atom is 0.129 e. The Labute approximate surface area is 52.9 Å². The Morgan fingerprint density at radius 2 is 1.88 bits per heavy atom. The fourth-order valence-electron chi connectivity index (χ4n) is 0.204. The normalized spacial score (nSPS) is 7.25. The molecule has 0 unspecified atom stereocenters. The first-order valence-corrected chi connectivity index (χ1v) is 3.34. The van der Waals surface area contributed by atoms with Gasteiger partial charge in [-0.15, -0.1) is 0 Å². The largest absolute Gasteiger partial charge is 0.330 e. The third-order valence-electron chi connectivity index (χ3n) is 0.558. The van der Waals surface area contributed by atoms with Gasteiger partial charge in [0.15, 0.2) is 0 Å². The van der Waals surface area contributed by atoms with E-state index in [1.54, 1.807) is 0 Å². The number of hydrogen-bond donors (Lipinski definition) is 1. The first kappa shape index (κ1) is 10.8. The van der Waals surface area contributed by atoms with Crippen molar-refractivity contribution < 1.29 is 8.42 Å². The third-order valence-corrected chi connectivity index (χ3v) is 0.558. The lowest BCUT2D eigenvalue weighted by Gasteiger charge is -1.80. The Balaban J connectivity index is 0. The summed E-state index contributed by atoms with van der Waals surface area (Å²) in [5.74, 6) is 0. The second-order valence-electron chi connectivity index (χ2n) is 1.23. The van der Waals surface area contributed by atoms with Crippen LogP contribution >= 0.6 is 0 Å². The lowest BCUT2D eigenvalue weighted by Crippen LogP contribution is -1.95. The fraction of sp³-hybridized carbons (Fsp3) is 1.00. The Kier molecular flexibility index (Phi) is 21.3. The van der Waals surface area contributed by atoms with Crippen LogP contribution in [-0.2, 0) is 11.6 Å². The average Bonchev–Trinajstić information content (AvgIpc) is 1.71. The van der Waals surface area contributed by atoms with Crippen LogP contribution in [0.25, 0.3) is 0 Å². The quantitative estimate of drug-likeness (QED) is 0.563. The maximum atomic E-state index is 8.40. The van der Waals surface area contributed by atoms with Gasteiger partial charge in [0.05, 0.1) is 0 Å². The highest BCUT2D eigenvalue weighted by Gasteiger charge is 1.67. The highest BCUT2D eigenvalue weighted by Crippen LogP contribution is 1.77. The summed E-state index contributed by atoms with van der Waals surface area (Å²) in [6, 6.07) is 0. The monoisotopic (exact) mass is 139 g/mol. The molecule has 0 aromatic carbocycles. The van der Waals surface area contributed by atoms with Gasteiger partial charge in [-0.3, -0.25) is 0 Å². The molecule has 0 fully saturated rings. The van der Waals surface area contributed by atoms with Crippen molar-refractivity contribution >= 4 is 11.6 Å². The first-order valence-electron chi connectivity index (χ1n) is 2.52. The van der Waals surface area contributed by atoms with E-state index in [1.807, 2.05) is 0 Å². The molecule has 0 atom stereocenters. The Morgan fingerprint density at radius 1 is 1.50 bits per heavy atom. The van der Waals surface area contributed by atoms with E-state index in [4.69, 9.17) is 14.2 Å². The van der Waals surface area contributed by atoms with Gasteiger partial charge in [0, 0.05) is 0 Å². The zero-order valence-electron chi connectivity index (χ0n) is 5.02. The lowest BCUT2D eigenvalue weighted by molar-refractivity contribution is 0.630. The van der Waals surface area contributed by atoms with Crippen LogP contribution in [0.4, 0.5) is 0 Å². The van der Waals surface area contributed by atoms with Crippen LogP contribution in [0.15, 0.2) is 0 Å². The lowest BCUT2D eigenvalue weighted by atomic mass is 10.3. The van der Waals surface area contributed by atoms with Gasteiger partial charge < -0.3 is 5.73 Å². The molecule has 0 saturated heterocycles. The van der Waals surface area contributed by atoms with E-state index in [2.05, 4.69) is 6.92 Å². The number of unbranched alkanes of at least 4 members (excludes halogenated alkanes) is 1. The molecule has 3 nitrogen and oxygen atoms in total. The van der Waals surface area contributed by atoms with Gasteiger partial charge in [-0.2, -0.15) is 0 Å². The van der Waals surface area contributed by atoms with E-state index in [0.29, 0.717) is 0 Å². The molecular formula is C4H13NO2S.